The summed E-state index contributed by atoms with van der Waals surface area (Å²) in [6, 6.07) is 13.6. The Hall–Kier alpha value is -2.33. The van der Waals surface area contributed by atoms with Gasteiger partial charge in [0.25, 0.3) is 0 Å². The lowest BCUT2D eigenvalue weighted by molar-refractivity contribution is 0.0696. The van der Waals surface area contributed by atoms with Crippen molar-refractivity contribution in [2.45, 2.75) is 6.92 Å². The topological polar surface area (TPSA) is 55.1 Å². The fourth-order valence-electron chi connectivity index (χ4n) is 2.29. The van der Waals surface area contributed by atoms with Crippen LogP contribution in [0.2, 0.25) is 5.15 Å². The Labute approximate surface area is 120 Å². The number of aromatic carboxylic acids is 1. The Morgan fingerprint density at radius 3 is 2.60 bits per heavy atom. The molecule has 2 aromatic carbocycles. The highest BCUT2D eigenvalue weighted by molar-refractivity contribution is 6.33. The van der Waals surface area contributed by atoms with Crippen LogP contribution in [0.4, 0.5) is 0 Å². The molecule has 0 aliphatic carbocycles. The van der Waals surface area contributed by atoms with Crippen molar-refractivity contribution in [3.8, 4) is 5.69 Å². The van der Waals surface area contributed by atoms with Gasteiger partial charge in [-0.05, 0) is 18.4 Å². The molecule has 3 aromatic rings. The first-order chi connectivity index (χ1) is 9.59. The molecule has 0 spiro atoms. The van der Waals surface area contributed by atoms with Gasteiger partial charge in [-0.15, -0.1) is 0 Å². The zero-order valence-electron chi connectivity index (χ0n) is 10.7. The molecule has 0 bridgehead atoms. The van der Waals surface area contributed by atoms with Crippen LogP contribution in [-0.4, -0.2) is 20.9 Å². The fraction of sp³-hybridized carbons (Fsp3) is 0.0667. The number of aryl methyl sites for hydroxylation is 1. The molecule has 20 heavy (non-hydrogen) atoms. The average molecular weight is 287 g/mol. The van der Waals surface area contributed by atoms with Crippen LogP contribution in [0.25, 0.3) is 16.5 Å². The third-order valence-corrected chi connectivity index (χ3v) is 3.56. The molecule has 0 amide bonds. The quantitative estimate of drug-likeness (QED) is 0.782. The zero-order chi connectivity index (χ0) is 14.3. The van der Waals surface area contributed by atoms with Gasteiger partial charge in [0.2, 0.25) is 0 Å². The van der Waals surface area contributed by atoms with Crippen molar-refractivity contribution in [2.75, 3.05) is 0 Å². The van der Waals surface area contributed by atoms with E-state index in [1.807, 2.05) is 42.5 Å². The number of carboxylic acids is 1. The second-order valence-electron chi connectivity index (χ2n) is 4.47. The van der Waals surface area contributed by atoms with E-state index in [1.165, 1.54) is 4.68 Å². The maximum atomic E-state index is 11.2. The maximum Gasteiger partial charge on any atom is 0.340 e. The van der Waals surface area contributed by atoms with E-state index in [4.69, 9.17) is 11.6 Å². The van der Waals surface area contributed by atoms with Gasteiger partial charge < -0.3 is 5.11 Å². The number of benzene rings is 2. The lowest BCUT2D eigenvalue weighted by Gasteiger charge is -2.07. The highest BCUT2D eigenvalue weighted by Crippen LogP contribution is 2.28. The minimum atomic E-state index is -1.07. The Bertz CT molecular complexity index is 819. The fourth-order valence-corrected chi connectivity index (χ4v) is 2.64. The van der Waals surface area contributed by atoms with Crippen LogP contribution < -0.4 is 0 Å². The number of carboxylic acid groups (broad SMARTS) is 1. The molecule has 0 saturated carbocycles. The molecule has 5 heteroatoms. The zero-order valence-corrected chi connectivity index (χ0v) is 11.4. The number of hydrogen-bond donors (Lipinski definition) is 1. The number of fused-ring (bicyclic) bond motifs is 1. The van der Waals surface area contributed by atoms with E-state index in [0.717, 1.165) is 16.5 Å². The van der Waals surface area contributed by atoms with Crippen molar-refractivity contribution in [2.24, 2.45) is 0 Å². The van der Waals surface area contributed by atoms with E-state index in [-0.39, 0.29) is 10.7 Å². The predicted molar refractivity (Wildman–Crippen MR) is 77.8 cm³/mol. The van der Waals surface area contributed by atoms with Crippen LogP contribution in [0, 0.1) is 6.92 Å². The summed E-state index contributed by atoms with van der Waals surface area (Å²) in [5.74, 6) is -1.07. The Morgan fingerprint density at radius 2 is 1.90 bits per heavy atom. The molecule has 0 aliphatic heterocycles. The smallest absolute Gasteiger partial charge is 0.340 e. The molecule has 1 N–H and O–H groups in total. The lowest BCUT2D eigenvalue weighted by Crippen LogP contribution is -2.00. The number of rotatable bonds is 2. The van der Waals surface area contributed by atoms with Gasteiger partial charge >= 0.3 is 5.97 Å². The maximum absolute atomic E-state index is 11.2. The molecule has 4 nitrogen and oxygen atoms in total. The monoisotopic (exact) mass is 286 g/mol. The van der Waals surface area contributed by atoms with Gasteiger partial charge in [-0.2, -0.15) is 5.10 Å². The van der Waals surface area contributed by atoms with Crippen molar-refractivity contribution in [1.82, 2.24) is 9.78 Å². The summed E-state index contributed by atoms with van der Waals surface area (Å²) >= 11 is 6.18. The van der Waals surface area contributed by atoms with Crippen LogP contribution in [-0.2, 0) is 0 Å². The van der Waals surface area contributed by atoms with Crippen LogP contribution in [0.15, 0.2) is 42.5 Å². The number of hydrogen-bond acceptors (Lipinski definition) is 2. The van der Waals surface area contributed by atoms with Gasteiger partial charge in [-0.25, -0.2) is 9.48 Å². The van der Waals surface area contributed by atoms with E-state index < -0.39 is 5.97 Å². The molecule has 1 heterocycles. The van der Waals surface area contributed by atoms with Crippen molar-refractivity contribution in [3.63, 3.8) is 0 Å². The normalized spacial score (nSPS) is 10.9. The molecule has 0 radical (unpaired) electrons. The summed E-state index contributed by atoms with van der Waals surface area (Å²) in [6.07, 6.45) is 0. The first kappa shape index (κ1) is 12.7. The molecule has 0 atom stereocenters. The number of halogens is 1. The van der Waals surface area contributed by atoms with Crippen LogP contribution in [0.5, 0.6) is 0 Å². The van der Waals surface area contributed by atoms with Crippen LogP contribution in [0.1, 0.15) is 16.1 Å². The number of aromatic nitrogens is 2. The summed E-state index contributed by atoms with van der Waals surface area (Å²) in [6.45, 7) is 1.64. The number of nitrogens with zero attached hydrogens (tertiary/aromatic N) is 2. The van der Waals surface area contributed by atoms with Crippen molar-refractivity contribution in [3.05, 3.63) is 58.9 Å². The van der Waals surface area contributed by atoms with E-state index in [1.54, 1.807) is 6.92 Å². The van der Waals surface area contributed by atoms with E-state index in [0.29, 0.717) is 5.69 Å². The van der Waals surface area contributed by atoms with Crippen molar-refractivity contribution >= 4 is 28.3 Å². The first-order valence-corrected chi connectivity index (χ1v) is 6.44. The van der Waals surface area contributed by atoms with Crippen molar-refractivity contribution in [1.29, 1.82) is 0 Å². The van der Waals surface area contributed by atoms with Crippen LogP contribution in [0.3, 0.4) is 0 Å². The largest absolute Gasteiger partial charge is 0.478 e. The van der Waals surface area contributed by atoms with Gasteiger partial charge in [0.15, 0.2) is 0 Å². The van der Waals surface area contributed by atoms with Gasteiger partial charge in [0.1, 0.15) is 10.7 Å². The molecule has 3 rings (SSSR count). The summed E-state index contributed by atoms with van der Waals surface area (Å²) < 4.78 is 1.47. The molecule has 0 unspecified atom stereocenters. The average Bonchev–Trinajstić information content (AvgIpc) is 2.73. The molecular weight excluding hydrogens is 276 g/mol. The third kappa shape index (κ3) is 1.85. The molecular formula is C15H11ClN2O2. The Balaban J connectivity index is 2.32. The predicted octanol–water partition coefficient (Wildman–Crippen LogP) is 3.69. The summed E-state index contributed by atoms with van der Waals surface area (Å²) in [7, 11) is 0. The van der Waals surface area contributed by atoms with Crippen molar-refractivity contribution < 1.29 is 9.90 Å². The number of carbonyl (C=O) groups is 1. The highest BCUT2D eigenvalue weighted by atomic mass is 35.5. The summed E-state index contributed by atoms with van der Waals surface area (Å²) in [5, 5.41) is 15.6. The third-order valence-electron chi connectivity index (χ3n) is 3.21. The molecule has 0 saturated heterocycles. The van der Waals surface area contributed by atoms with Gasteiger partial charge in [0, 0.05) is 5.39 Å². The SMILES string of the molecule is Cc1nn(-c2cccc3ccccc23)c(Cl)c1C(=O)O. The Kier molecular flexibility index (Phi) is 2.95. The second kappa shape index (κ2) is 4.65. The molecule has 0 aliphatic rings. The standard InChI is InChI=1S/C15H11ClN2O2/c1-9-13(15(19)20)14(16)18(17-9)12-8-4-6-10-5-2-3-7-11(10)12/h2-8H,1H3,(H,19,20). The van der Waals surface area contributed by atoms with Gasteiger partial charge in [-0.3, -0.25) is 0 Å². The molecule has 0 fully saturated rings. The minimum Gasteiger partial charge on any atom is -0.478 e. The van der Waals surface area contributed by atoms with Crippen LogP contribution >= 0.6 is 11.6 Å². The summed E-state index contributed by atoms with van der Waals surface area (Å²) in [5.41, 5.74) is 1.21. The van der Waals surface area contributed by atoms with E-state index in [9.17, 15) is 9.90 Å². The van der Waals surface area contributed by atoms with Gasteiger partial charge in [0.05, 0.1) is 11.4 Å². The van der Waals surface area contributed by atoms with Gasteiger partial charge in [-0.1, -0.05) is 48.0 Å². The molecule has 1 aromatic heterocycles. The lowest BCUT2D eigenvalue weighted by atomic mass is 10.1. The van der Waals surface area contributed by atoms with E-state index in [2.05, 4.69) is 5.10 Å². The minimum absolute atomic E-state index is 0.0413. The summed E-state index contributed by atoms with van der Waals surface area (Å²) in [4.78, 5) is 11.2. The Morgan fingerprint density at radius 1 is 1.20 bits per heavy atom. The van der Waals surface area contributed by atoms with E-state index >= 15 is 0 Å². The highest BCUT2D eigenvalue weighted by Gasteiger charge is 2.20. The first-order valence-electron chi connectivity index (χ1n) is 6.06. The molecule has 100 valence electrons. The second-order valence-corrected chi connectivity index (χ2v) is 4.82.